The molecule has 0 aliphatic rings. The summed E-state index contributed by atoms with van der Waals surface area (Å²) in [5.41, 5.74) is 7.89. The van der Waals surface area contributed by atoms with Gasteiger partial charge in [0.25, 0.3) is 0 Å². The Kier molecular flexibility index (Phi) is 4.18. The summed E-state index contributed by atoms with van der Waals surface area (Å²) < 4.78 is 0. The van der Waals surface area contributed by atoms with Gasteiger partial charge in [0.15, 0.2) is 0 Å². The number of rotatable bonds is 5. The van der Waals surface area contributed by atoms with Gasteiger partial charge in [-0.2, -0.15) is 9.97 Å². The van der Waals surface area contributed by atoms with Crippen LogP contribution in [0.2, 0.25) is 0 Å². The van der Waals surface area contributed by atoms with Crippen molar-refractivity contribution in [2.45, 2.75) is 20.3 Å². The summed E-state index contributed by atoms with van der Waals surface area (Å²) in [6, 6.07) is 9.90. The summed E-state index contributed by atoms with van der Waals surface area (Å²) in [5.74, 6) is 1.70. The molecule has 1 heterocycles. The Bertz CT molecular complexity index is 553. The zero-order valence-electron chi connectivity index (χ0n) is 11.3. The summed E-state index contributed by atoms with van der Waals surface area (Å²) in [4.78, 5) is 8.34. The second-order valence-corrected chi connectivity index (χ2v) is 4.36. The molecule has 0 fully saturated rings. The highest BCUT2D eigenvalue weighted by atomic mass is 15.1. The molecule has 5 nitrogen and oxygen atoms in total. The molecule has 0 saturated carbocycles. The maximum Gasteiger partial charge on any atom is 0.223 e. The second-order valence-electron chi connectivity index (χ2n) is 4.36. The highest BCUT2D eigenvalue weighted by Gasteiger charge is 2.03. The van der Waals surface area contributed by atoms with Gasteiger partial charge in [-0.1, -0.05) is 25.1 Å². The van der Waals surface area contributed by atoms with Gasteiger partial charge in [0, 0.05) is 18.3 Å². The first kappa shape index (κ1) is 13.1. The number of nitrogen functional groups attached to an aromatic ring is 1. The van der Waals surface area contributed by atoms with Crippen LogP contribution < -0.4 is 16.4 Å². The molecule has 100 valence electrons. The van der Waals surface area contributed by atoms with Gasteiger partial charge in [-0.3, -0.25) is 0 Å². The summed E-state index contributed by atoms with van der Waals surface area (Å²) in [5, 5.41) is 6.46. The van der Waals surface area contributed by atoms with Crippen molar-refractivity contribution >= 4 is 23.3 Å². The number of para-hydroxylation sites is 1. The summed E-state index contributed by atoms with van der Waals surface area (Å²) in [6.45, 7) is 5.01. The van der Waals surface area contributed by atoms with Gasteiger partial charge in [-0.25, -0.2) is 0 Å². The molecular weight excluding hydrogens is 238 g/mol. The van der Waals surface area contributed by atoms with E-state index < -0.39 is 0 Å². The van der Waals surface area contributed by atoms with Crippen molar-refractivity contribution in [3.63, 3.8) is 0 Å². The van der Waals surface area contributed by atoms with Gasteiger partial charge in [0.05, 0.1) is 0 Å². The van der Waals surface area contributed by atoms with Crippen LogP contribution >= 0.6 is 0 Å². The average Bonchev–Trinajstić information content (AvgIpc) is 2.38. The highest BCUT2D eigenvalue weighted by Crippen LogP contribution is 2.20. The maximum absolute atomic E-state index is 5.72. The third kappa shape index (κ3) is 3.58. The molecule has 0 radical (unpaired) electrons. The van der Waals surface area contributed by atoms with E-state index in [2.05, 4.69) is 27.5 Å². The number of nitrogens with zero attached hydrogens (tertiary/aromatic N) is 2. The number of hydrogen-bond donors (Lipinski definition) is 3. The predicted octanol–water partition coefficient (Wildman–Crippen LogP) is 2.93. The molecule has 0 saturated heterocycles. The van der Waals surface area contributed by atoms with E-state index in [0.717, 1.165) is 30.0 Å². The van der Waals surface area contributed by atoms with Crippen LogP contribution in [0.5, 0.6) is 0 Å². The quantitative estimate of drug-likeness (QED) is 0.767. The van der Waals surface area contributed by atoms with Crippen LogP contribution in [0.25, 0.3) is 0 Å². The Labute approximate surface area is 113 Å². The lowest BCUT2D eigenvalue weighted by atomic mass is 10.2. The number of nitrogens with one attached hydrogen (secondary N) is 2. The summed E-state index contributed by atoms with van der Waals surface area (Å²) >= 11 is 0. The first-order chi connectivity index (χ1) is 9.19. The molecule has 1 aromatic carbocycles. The lowest BCUT2D eigenvalue weighted by Crippen LogP contribution is -2.07. The molecule has 4 N–H and O–H groups in total. The van der Waals surface area contributed by atoms with Crippen molar-refractivity contribution in [1.82, 2.24) is 9.97 Å². The Morgan fingerprint density at radius 1 is 1.16 bits per heavy atom. The third-order valence-corrected chi connectivity index (χ3v) is 2.71. The van der Waals surface area contributed by atoms with Crippen molar-refractivity contribution in [1.29, 1.82) is 0 Å². The smallest absolute Gasteiger partial charge is 0.223 e. The monoisotopic (exact) mass is 257 g/mol. The molecule has 1 aromatic heterocycles. The van der Waals surface area contributed by atoms with Gasteiger partial charge in [0.2, 0.25) is 5.95 Å². The van der Waals surface area contributed by atoms with Gasteiger partial charge in [0.1, 0.15) is 11.6 Å². The first-order valence-corrected chi connectivity index (χ1v) is 6.40. The predicted molar refractivity (Wildman–Crippen MR) is 79.7 cm³/mol. The van der Waals surface area contributed by atoms with Crippen LogP contribution in [-0.4, -0.2) is 16.5 Å². The Morgan fingerprint density at radius 3 is 2.63 bits per heavy atom. The van der Waals surface area contributed by atoms with Gasteiger partial charge in [-0.05, 0) is 25.0 Å². The molecule has 0 bridgehead atoms. The Hall–Kier alpha value is -2.30. The van der Waals surface area contributed by atoms with E-state index in [1.807, 2.05) is 37.3 Å². The molecule has 2 aromatic rings. The van der Waals surface area contributed by atoms with E-state index in [4.69, 9.17) is 5.73 Å². The standard InChI is InChI=1S/C14H19N5/c1-3-8-16-12-9-13(19-14(15)18-12)17-11-7-5-4-6-10(11)2/h4-7,9H,3,8H2,1-2H3,(H4,15,16,17,18,19). The van der Waals surface area contributed by atoms with Crippen LogP contribution in [0, 0.1) is 6.92 Å². The fraction of sp³-hybridized carbons (Fsp3) is 0.286. The molecule has 0 atom stereocenters. The maximum atomic E-state index is 5.72. The average molecular weight is 257 g/mol. The molecule has 2 rings (SSSR count). The third-order valence-electron chi connectivity index (χ3n) is 2.71. The summed E-state index contributed by atoms with van der Waals surface area (Å²) in [7, 11) is 0. The highest BCUT2D eigenvalue weighted by molar-refractivity contribution is 5.63. The number of aryl methyl sites for hydroxylation is 1. The van der Waals surface area contributed by atoms with E-state index in [1.165, 1.54) is 0 Å². The minimum atomic E-state index is 0.261. The van der Waals surface area contributed by atoms with Gasteiger partial charge in [-0.15, -0.1) is 0 Å². The normalized spacial score (nSPS) is 10.2. The van der Waals surface area contributed by atoms with E-state index in [1.54, 1.807) is 0 Å². The van der Waals surface area contributed by atoms with Crippen molar-refractivity contribution in [3.05, 3.63) is 35.9 Å². The van der Waals surface area contributed by atoms with Crippen LogP contribution in [0.1, 0.15) is 18.9 Å². The molecule has 0 aliphatic carbocycles. The number of benzene rings is 1. The minimum Gasteiger partial charge on any atom is -0.370 e. The fourth-order valence-electron chi connectivity index (χ4n) is 1.72. The molecule has 0 aliphatic heterocycles. The fourth-order valence-corrected chi connectivity index (χ4v) is 1.72. The molecule has 0 amide bonds. The molecule has 5 heteroatoms. The lowest BCUT2D eigenvalue weighted by Gasteiger charge is -2.11. The van der Waals surface area contributed by atoms with Crippen LogP contribution in [0.15, 0.2) is 30.3 Å². The Balaban J connectivity index is 2.20. The zero-order chi connectivity index (χ0) is 13.7. The van der Waals surface area contributed by atoms with Crippen LogP contribution in [0.4, 0.5) is 23.3 Å². The lowest BCUT2D eigenvalue weighted by molar-refractivity contribution is 0.967. The van der Waals surface area contributed by atoms with Crippen molar-refractivity contribution in [3.8, 4) is 0 Å². The minimum absolute atomic E-state index is 0.261. The summed E-state index contributed by atoms with van der Waals surface area (Å²) in [6.07, 6.45) is 1.03. The molecule has 0 spiro atoms. The molecule has 0 unspecified atom stereocenters. The van der Waals surface area contributed by atoms with Crippen molar-refractivity contribution < 1.29 is 0 Å². The van der Waals surface area contributed by atoms with Gasteiger partial charge >= 0.3 is 0 Å². The number of anilines is 4. The van der Waals surface area contributed by atoms with Crippen molar-refractivity contribution in [2.24, 2.45) is 0 Å². The first-order valence-electron chi connectivity index (χ1n) is 6.40. The largest absolute Gasteiger partial charge is 0.370 e. The number of aromatic nitrogens is 2. The van der Waals surface area contributed by atoms with E-state index in [9.17, 15) is 0 Å². The van der Waals surface area contributed by atoms with Crippen LogP contribution in [0.3, 0.4) is 0 Å². The topological polar surface area (TPSA) is 75.9 Å². The molecular formula is C14H19N5. The van der Waals surface area contributed by atoms with E-state index in [0.29, 0.717) is 5.82 Å². The SMILES string of the molecule is CCCNc1cc(Nc2ccccc2C)nc(N)n1. The van der Waals surface area contributed by atoms with E-state index in [-0.39, 0.29) is 5.95 Å². The zero-order valence-corrected chi connectivity index (χ0v) is 11.3. The number of nitrogens with two attached hydrogens (primary N) is 1. The van der Waals surface area contributed by atoms with Crippen molar-refractivity contribution in [2.75, 3.05) is 22.9 Å². The van der Waals surface area contributed by atoms with Gasteiger partial charge < -0.3 is 16.4 Å². The molecule has 19 heavy (non-hydrogen) atoms. The van der Waals surface area contributed by atoms with Crippen LogP contribution in [-0.2, 0) is 0 Å². The Morgan fingerprint density at radius 2 is 1.89 bits per heavy atom. The second kappa shape index (κ2) is 6.04. The van der Waals surface area contributed by atoms with E-state index >= 15 is 0 Å². The number of hydrogen-bond acceptors (Lipinski definition) is 5.